The van der Waals surface area contributed by atoms with Gasteiger partial charge in [0.25, 0.3) is 0 Å². The van der Waals surface area contributed by atoms with Crippen molar-refractivity contribution < 1.29 is 0 Å². The fourth-order valence-corrected chi connectivity index (χ4v) is 9.04. The summed E-state index contributed by atoms with van der Waals surface area (Å²) in [5, 5.41) is 9.99. The van der Waals surface area contributed by atoms with Crippen LogP contribution in [0.3, 0.4) is 0 Å². The molecule has 4 heteroatoms. The summed E-state index contributed by atoms with van der Waals surface area (Å²) >= 11 is 0. The Kier molecular flexibility index (Phi) is 8.59. The molecule has 1 heterocycles. The largest absolute Gasteiger partial charge is 0.208 e. The van der Waals surface area contributed by atoms with Gasteiger partial charge in [-0.2, -0.15) is 5.26 Å². The van der Waals surface area contributed by atoms with Crippen molar-refractivity contribution >= 4 is 0 Å². The Morgan fingerprint density at radius 2 is 1.20 bits per heavy atom. The van der Waals surface area contributed by atoms with E-state index in [1.54, 1.807) is 0 Å². The average molecular weight is 651 g/mol. The highest BCUT2D eigenvalue weighted by Crippen LogP contribution is 2.55. The predicted molar refractivity (Wildman–Crippen MR) is 203 cm³/mol. The van der Waals surface area contributed by atoms with Gasteiger partial charge in [0.15, 0.2) is 17.5 Å². The monoisotopic (exact) mass is 650 g/mol. The minimum Gasteiger partial charge on any atom is -0.208 e. The number of hydrogen-bond acceptors (Lipinski definition) is 4. The molecule has 2 saturated carbocycles. The minimum absolute atomic E-state index is 0.232. The number of hydrogen-bond donors (Lipinski definition) is 0. The first-order chi connectivity index (χ1) is 24.5. The molecule has 0 N–H and O–H groups in total. The van der Waals surface area contributed by atoms with Crippen LogP contribution in [-0.2, 0) is 5.41 Å². The van der Waals surface area contributed by atoms with Crippen LogP contribution in [0.1, 0.15) is 63.5 Å². The van der Waals surface area contributed by atoms with Crippen molar-refractivity contribution in [1.29, 1.82) is 5.26 Å². The first-order valence-corrected chi connectivity index (χ1v) is 18.1. The van der Waals surface area contributed by atoms with Gasteiger partial charge in [-0.15, -0.1) is 0 Å². The van der Waals surface area contributed by atoms with Crippen molar-refractivity contribution in [2.75, 3.05) is 0 Å². The molecule has 4 atom stereocenters. The highest BCUT2D eigenvalue weighted by atomic mass is 15.0. The van der Waals surface area contributed by atoms with Gasteiger partial charge in [-0.05, 0) is 101 Å². The van der Waals surface area contributed by atoms with Crippen molar-refractivity contribution in [1.82, 2.24) is 15.0 Å². The molecule has 246 valence electrons. The van der Waals surface area contributed by atoms with Gasteiger partial charge in [-0.25, -0.2) is 15.0 Å². The number of nitriles is 1. The van der Waals surface area contributed by atoms with Crippen LogP contribution < -0.4 is 0 Å². The second-order valence-corrected chi connectivity index (χ2v) is 14.7. The molecule has 2 bridgehead atoms. The third-order valence-corrected chi connectivity index (χ3v) is 11.1. The van der Waals surface area contributed by atoms with Gasteiger partial charge in [0.1, 0.15) is 0 Å². The third-order valence-electron chi connectivity index (χ3n) is 11.1. The maximum absolute atomic E-state index is 9.99. The van der Waals surface area contributed by atoms with Gasteiger partial charge >= 0.3 is 0 Å². The van der Waals surface area contributed by atoms with Crippen molar-refractivity contribution in [3.05, 3.63) is 139 Å². The Morgan fingerprint density at radius 3 is 1.86 bits per heavy atom. The molecule has 0 aliphatic heterocycles. The fourth-order valence-electron chi connectivity index (χ4n) is 9.04. The Hall–Kier alpha value is -5.40. The summed E-state index contributed by atoms with van der Waals surface area (Å²) in [6.07, 6.45) is 7.85. The normalized spacial score (nSPS) is 21.3. The quantitative estimate of drug-likeness (QED) is 0.172. The number of aromatic nitrogens is 3. The molecule has 1 aromatic heterocycles. The molecule has 6 aromatic rings. The molecule has 8 rings (SSSR count). The molecule has 0 spiro atoms. The molecular weight excluding hydrogens is 609 g/mol. The predicted octanol–water partition coefficient (Wildman–Crippen LogP) is 11.6. The van der Waals surface area contributed by atoms with Gasteiger partial charge in [0.05, 0.1) is 11.6 Å². The summed E-state index contributed by atoms with van der Waals surface area (Å²) in [5.74, 6) is 4.27. The van der Waals surface area contributed by atoms with Crippen LogP contribution in [0.5, 0.6) is 0 Å². The van der Waals surface area contributed by atoms with Crippen LogP contribution in [0.4, 0.5) is 0 Å². The molecule has 5 aromatic carbocycles. The molecular formula is C46H42N4. The van der Waals surface area contributed by atoms with Crippen LogP contribution in [-0.4, -0.2) is 15.0 Å². The number of rotatable bonds is 7. The third kappa shape index (κ3) is 6.25. The number of nitrogens with zero attached hydrogens (tertiary/aromatic N) is 4. The van der Waals surface area contributed by atoms with E-state index in [0.717, 1.165) is 51.1 Å². The lowest BCUT2D eigenvalue weighted by atomic mass is 9.54. The van der Waals surface area contributed by atoms with Crippen LogP contribution >= 0.6 is 0 Å². The highest BCUT2D eigenvalue weighted by Gasteiger charge is 2.45. The summed E-state index contributed by atoms with van der Waals surface area (Å²) in [6.45, 7) is 4.83. The first-order valence-electron chi connectivity index (χ1n) is 18.1. The minimum atomic E-state index is 0.232. The average Bonchev–Trinajstić information content (AvgIpc) is 3.17. The summed E-state index contributed by atoms with van der Waals surface area (Å²) in [5.41, 5.74) is 9.56. The molecule has 1 unspecified atom stereocenters. The lowest BCUT2D eigenvalue weighted by Crippen LogP contribution is -2.42. The Bertz CT molecular complexity index is 2120. The van der Waals surface area contributed by atoms with Crippen molar-refractivity contribution in [3.8, 4) is 62.5 Å². The zero-order chi connectivity index (χ0) is 34.1. The van der Waals surface area contributed by atoms with E-state index in [0.29, 0.717) is 23.0 Å². The van der Waals surface area contributed by atoms with E-state index in [9.17, 15) is 5.26 Å². The summed E-state index contributed by atoms with van der Waals surface area (Å²) in [7, 11) is 0. The second-order valence-electron chi connectivity index (χ2n) is 14.7. The number of fused-ring (bicyclic) bond motifs is 2. The maximum Gasteiger partial charge on any atom is 0.164 e. The standard InChI is InChI=1S/C46H42N4/c1-3-32-23-34-22-31(2)27-46(28-32,29-34)40-19-11-17-38(26-40)42-24-33(30-47)20-21-41(42)37-16-10-18-39(25-37)45-49-43(35-12-6-4-7-13-35)48-44(50-45)36-14-8-5-9-15-36/h4-21,24-26,31-32,34H,3,22-23,27-29H2,1-2H3/t31-,32+,34-,46?/m0/s1. The van der Waals surface area contributed by atoms with E-state index in [-0.39, 0.29) is 5.41 Å². The molecule has 50 heavy (non-hydrogen) atoms. The van der Waals surface area contributed by atoms with Crippen molar-refractivity contribution in [2.24, 2.45) is 17.8 Å². The number of benzene rings is 5. The van der Waals surface area contributed by atoms with E-state index < -0.39 is 0 Å². The van der Waals surface area contributed by atoms with Crippen molar-refractivity contribution in [2.45, 2.75) is 57.8 Å². The van der Waals surface area contributed by atoms with E-state index in [1.807, 2.05) is 66.7 Å². The topological polar surface area (TPSA) is 62.5 Å². The van der Waals surface area contributed by atoms with E-state index >= 15 is 0 Å². The summed E-state index contributed by atoms with van der Waals surface area (Å²) in [4.78, 5) is 14.9. The van der Waals surface area contributed by atoms with E-state index in [1.165, 1.54) is 49.7 Å². The Labute approximate surface area is 296 Å². The highest BCUT2D eigenvalue weighted by molar-refractivity contribution is 5.86. The van der Waals surface area contributed by atoms with Crippen LogP contribution in [0.25, 0.3) is 56.4 Å². The Balaban J connectivity index is 1.22. The SMILES string of the molecule is CC[C@@H]1C[C@@H]2C[C@H](C)CC(c3cccc(-c4cc(C#N)ccc4-c4cccc(-c5nc(-c6ccccc6)nc(-c6ccccc6)n5)c4)c3)(C1)C2. The van der Waals surface area contributed by atoms with Gasteiger partial charge < -0.3 is 0 Å². The van der Waals surface area contributed by atoms with Gasteiger partial charge in [0, 0.05) is 16.7 Å². The lowest BCUT2D eigenvalue weighted by molar-refractivity contribution is 0.0703. The van der Waals surface area contributed by atoms with Crippen LogP contribution in [0, 0.1) is 29.1 Å². The molecule has 2 fully saturated rings. The molecule has 0 saturated heterocycles. The van der Waals surface area contributed by atoms with E-state index in [2.05, 4.69) is 80.6 Å². The molecule has 2 aliphatic carbocycles. The smallest absolute Gasteiger partial charge is 0.164 e. The zero-order valence-corrected chi connectivity index (χ0v) is 28.9. The van der Waals surface area contributed by atoms with Crippen molar-refractivity contribution in [3.63, 3.8) is 0 Å². The molecule has 4 nitrogen and oxygen atoms in total. The molecule has 2 aliphatic rings. The van der Waals surface area contributed by atoms with Crippen LogP contribution in [0.2, 0.25) is 0 Å². The summed E-state index contributed by atoms with van der Waals surface area (Å²) in [6, 6.07) is 46.4. The second kappa shape index (κ2) is 13.5. The van der Waals surface area contributed by atoms with E-state index in [4.69, 9.17) is 15.0 Å². The van der Waals surface area contributed by atoms with Gasteiger partial charge in [0.2, 0.25) is 0 Å². The first kappa shape index (κ1) is 31.8. The lowest BCUT2D eigenvalue weighted by Gasteiger charge is -2.51. The van der Waals surface area contributed by atoms with Gasteiger partial charge in [-0.1, -0.05) is 129 Å². The molecule has 0 amide bonds. The van der Waals surface area contributed by atoms with Crippen LogP contribution in [0.15, 0.2) is 127 Å². The zero-order valence-electron chi connectivity index (χ0n) is 28.9. The fraction of sp³-hybridized carbons (Fsp3) is 0.261. The maximum atomic E-state index is 9.99. The molecule has 0 radical (unpaired) electrons. The van der Waals surface area contributed by atoms with Gasteiger partial charge in [-0.3, -0.25) is 0 Å². The Morgan fingerprint density at radius 1 is 0.600 bits per heavy atom. The summed E-state index contributed by atoms with van der Waals surface area (Å²) < 4.78 is 0.